The van der Waals surface area contributed by atoms with E-state index in [1.165, 1.54) is 0 Å². The van der Waals surface area contributed by atoms with Gasteiger partial charge in [-0.15, -0.1) is 0 Å². The van der Waals surface area contributed by atoms with E-state index in [1.54, 1.807) is 11.8 Å². The summed E-state index contributed by atoms with van der Waals surface area (Å²) in [5.41, 5.74) is 0. The molecule has 0 rings (SSSR count). The molecule has 1 N–H and O–H groups in total. The molecule has 4 heteroatoms. The molecule has 0 bridgehead atoms. The van der Waals surface area contributed by atoms with Crippen LogP contribution in [-0.2, 0) is 9.53 Å². The molecule has 0 spiro atoms. The molecule has 3 nitrogen and oxygen atoms in total. The first-order valence-electron chi connectivity index (χ1n) is 5.62. The average molecular weight is 233 g/mol. The molecule has 1 atom stereocenters. The number of hydrogen-bond acceptors (Lipinski definition) is 4. The van der Waals surface area contributed by atoms with Gasteiger partial charge in [-0.05, 0) is 19.1 Å². The zero-order chi connectivity index (χ0) is 11.5. The van der Waals surface area contributed by atoms with Crippen LogP contribution in [0.1, 0.15) is 33.1 Å². The lowest BCUT2D eigenvalue weighted by Crippen LogP contribution is -2.35. The van der Waals surface area contributed by atoms with Crippen molar-refractivity contribution < 1.29 is 9.53 Å². The highest BCUT2D eigenvalue weighted by atomic mass is 32.2. The number of hydrogen-bond donors (Lipinski definition) is 1. The van der Waals surface area contributed by atoms with Crippen molar-refractivity contribution >= 4 is 17.7 Å². The van der Waals surface area contributed by atoms with Gasteiger partial charge in [-0.1, -0.05) is 20.3 Å². The smallest absolute Gasteiger partial charge is 0.319 e. The molecule has 15 heavy (non-hydrogen) atoms. The lowest BCUT2D eigenvalue weighted by molar-refractivity contribution is -0.142. The van der Waals surface area contributed by atoms with Crippen molar-refractivity contribution in [1.82, 2.24) is 5.32 Å². The first kappa shape index (κ1) is 14.8. The van der Waals surface area contributed by atoms with Crippen molar-refractivity contribution in [1.29, 1.82) is 0 Å². The van der Waals surface area contributed by atoms with E-state index in [9.17, 15) is 4.79 Å². The molecule has 0 saturated heterocycles. The third kappa shape index (κ3) is 8.75. The van der Waals surface area contributed by atoms with Gasteiger partial charge in [0.1, 0.15) is 0 Å². The van der Waals surface area contributed by atoms with Gasteiger partial charge >= 0.3 is 5.97 Å². The van der Waals surface area contributed by atoms with E-state index in [-0.39, 0.29) is 5.97 Å². The molecule has 0 aromatic rings. The Labute approximate surface area is 97.3 Å². The number of ether oxygens (including phenoxy) is 1. The number of rotatable bonds is 9. The van der Waals surface area contributed by atoms with Crippen LogP contribution in [0.4, 0.5) is 0 Å². The van der Waals surface area contributed by atoms with E-state index in [2.05, 4.69) is 25.4 Å². The van der Waals surface area contributed by atoms with E-state index in [0.717, 1.165) is 25.0 Å². The maximum absolute atomic E-state index is 11.3. The molecular weight excluding hydrogens is 210 g/mol. The molecule has 0 heterocycles. The second-order valence-electron chi connectivity index (χ2n) is 3.52. The zero-order valence-electron chi connectivity index (χ0n) is 10.0. The van der Waals surface area contributed by atoms with Gasteiger partial charge in [0.2, 0.25) is 0 Å². The summed E-state index contributed by atoms with van der Waals surface area (Å²) in [7, 11) is 0. The molecule has 0 aliphatic rings. The largest absolute Gasteiger partial charge is 0.465 e. The number of esters is 1. The number of carbonyl (C=O) groups is 1. The van der Waals surface area contributed by atoms with Crippen LogP contribution in [0.25, 0.3) is 0 Å². The van der Waals surface area contributed by atoms with Gasteiger partial charge in [0, 0.05) is 11.8 Å². The Balaban J connectivity index is 3.50. The maximum Gasteiger partial charge on any atom is 0.319 e. The van der Waals surface area contributed by atoms with Gasteiger partial charge in [0.25, 0.3) is 0 Å². The molecular formula is C11H23NO2S. The van der Waals surface area contributed by atoms with Gasteiger partial charge < -0.3 is 10.1 Å². The van der Waals surface area contributed by atoms with Gasteiger partial charge in [0.15, 0.2) is 0 Å². The van der Waals surface area contributed by atoms with Crippen LogP contribution in [-0.4, -0.2) is 37.2 Å². The van der Waals surface area contributed by atoms with Crippen molar-refractivity contribution in [3.8, 4) is 0 Å². The first-order chi connectivity index (χ1) is 7.24. The zero-order valence-corrected chi connectivity index (χ0v) is 10.9. The van der Waals surface area contributed by atoms with Crippen molar-refractivity contribution in [3.05, 3.63) is 0 Å². The van der Waals surface area contributed by atoms with Crippen LogP contribution in [0.2, 0.25) is 0 Å². The summed E-state index contributed by atoms with van der Waals surface area (Å²) in [6, 6.07) is 0.415. The van der Waals surface area contributed by atoms with E-state index in [4.69, 9.17) is 4.74 Å². The maximum atomic E-state index is 11.3. The van der Waals surface area contributed by atoms with Crippen LogP contribution < -0.4 is 5.32 Å². The monoisotopic (exact) mass is 233 g/mol. The van der Waals surface area contributed by atoms with Gasteiger partial charge in [-0.25, -0.2) is 0 Å². The standard InChI is InChI=1S/C11H23NO2S/c1-4-6-7-14-11(13)8-12-10(5-2)9-15-3/h10,12H,4-9H2,1-3H3. The summed E-state index contributed by atoms with van der Waals surface area (Å²) in [5, 5.41) is 3.20. The van der Waals surface area contributed by atoms with Crippen LogP contribution in [0.15, 0.2) is 0 Å². The van der Waals surface area contributed by atoms with Crippen molar-refractivity contribution in [2.75, 3.05) is 25.2 Å². The Hall–Kier alpha value is -0.220. The van der Waals surface area contributed by atoms with Crippen molar-refractivity contribution in [2.45, 2.75) is 39.2 Å². The molecule has 0 aromatic carbocycles. The molecule has 1 unspecified atom stereocenters. The number of carbonyl (C=O) groups excluding carboxylic acids is 1. The SMILES string of the molecule is CCCCOC(=O)CNC(CC)CSC. The predicted molar refractivity (Wildman–Crippen MR) is 66.3 cm³/mol. The Morgan fingerprint density at radius 1 is 1.47 bits per heavy atom. The number of nitrogens with one attached hydrogen (secondary N) is 1. The van der Waals surface area contributed by atoms with Crippen LogP contribution in [0.3, 0.4) is 0 Å². The summed E-state index contributed by atoms with van der Waals surface area (Å²) in [6.45, 7) is 5.09. The topological polar surface area (TPSA) is 38.3 Å². The summed E-state index contributed by atoms with van der Waals surface area (Å²) in [4.78, 5) is 11.3. The van der Waals surface area contributed by atoms with Crippen LogP contribution in [0, 0.1) is 0 Å². The molecule has 0 amide bonds. The fourth-order valence-electron chi connectivity index (χ4n) is 1.13. The highest BCUT2D eigenvalue weighted by molar-refractivity contribution is 7.98. The van der Waals surface area contributed by atoms with E-state index >= 15 is 0 Å². The van der Waals surface area contributed by atoms with Crippen molar-refractivity contribution in [2.24, 2.45) is 0 Å². The molecule has 0 aliphatic heterocycles. The molecule has 0 fully saturated rings. The number of unbranched alkanes of at least 4 members (excludes halogenated alkanes) is 1. The first-order valence-corrected chi connectivity index (χ1v) is 7.01. The van der Waals surface area contributed by atoms with Crippen LogP contribution >= 0.6 is 11.8 Å². The predicted octanol–water partition coefficient (Wildman–Crippen LogP) is 2.06. The van der Waals surface area contributed by atoms with E-state index in [1.807, 2.05) is 0 Å². The molecule has 0 radical (unpaired) electrons. The third-order valence-electron chi connectivity index (χ3n) is 2.16. The summed E-state index contributed by atoms with van der Waals surface area (Å²) >= 11 is 1.79. The fourth-order valence-corrected chi connectivity index (χ4v) is 1.89. The minimum Gasteiger partial charge on any atom is -0.465 e. The van der Waals surface area contributed by atoms with Gasteiger partial charge in [-0.3, -0.25) is 4.79 Å². The van der Waals surface area contributed by atoms with Gasteiger partial charge in [0.05, 0.1) is 13.2 Å². The van der Waals surface area contributed by atoms with E-state index < -0.39 is 0 Å². The van der Waals surface area contributed by atoms with Gasteiger partial charge in [-0.2, -0.15) is 11.8 Å². The molecule has 90 valence electrons. The Morgan fingerprint density at radius 2 is 2.20 bits per heavy atom. The molecule has 0 aliphatic carbocycles. The summed E-state index contributed by atoms with van der Waals surface area (Å²) in [5.74, 6) is 0.904. The fraction of sp³-hybridized carbons (Fsp3) is 0.909. The second kappa shape index (κ2) is 10.3. The molecule has 0 aromatic heterocycles. The summed E-state index contributed by atoms with van der Waals surface area (Å²) in [6.07, 6.45) is 5.13. The number of thioether (sulfide) groups is 1. The normalized spacial score (nSPS) is 12.5. The second-order valence-corrected chi connectivity index (χ2v) is 4.43. The minimum atomic E-state index is -0.136. The Bertz CT molecular complexity index is 165. The average Bonchev–Trinajstić information content (AvgIpc) is 2.24. The highest BCUT2D eigenvalue weighted by Gasteiger charge is 2.08. The third-order valence-corrected chi connectivity index (χ3v) is 2.89. The van der Waals surface area contributed by atoms with E-state index in [0.29, 0.717) is 19.2 Å². The highest BCUT2D eigenvalue weighted by Crippen LogP contribution is 2.00. The lowest BCUT2D eigenvalue weighted by atomic mass is 10.2. The minimum absolute atomic E-state index is 0.136. The lowest BCUT2D eigenvalue weighted by Gasteiger charge is -2.14. The molecule has 0 saturated carbocycles. The summed E-state index contributed by atoms with van der Waals surface area (Å²) < 4.78 is 5.05. The Morgan fingerprint density at radius 3 is 2.73 bits per heavy atom. The quantitative estimate of drug-likeness (QED) is 0.489. The van der Waals surface area contributed by atoms with Crippen LogP contribution in [0.5, 0.6) is 0 Å². The van der Waals surface area contributed by atoms with Crippen molar-refractivity contribution in [3.63, 3.8) is 0 Å². The Kier molecular flexibility index (Phi) is 10.2.